The lowest BCUT2D eigenvalue weighted by atomic mass is 10.1. The zero-order valence-corrected chi connectivity index (χ0v) is 13.8. The Labute approximate surface area is 148 Å². The van der Waals surface area contributed by atoms with Gasteiger partial charge in [0.05, 0.1) is 11.3 Å². The maximum atomic E-state index is 12.7. The van der Waals surface area contributed by atoms with Crippen molar-refractivity contribution in [2.75, 3.05) is 5.32 Å². The summed E-state index contributed by atoms with van der Waals surface area (Å²) in [5.74, 6) is -0.0255. The molecule has 0 fully saturated rings. The molecule has 4 aromatic rings. The Morgan fingerprint density at radius 2 is 1.96 bits per heavy atom. The topological polar surface area (TPSA) is 98.7 Å². The van der Waals surface area contributed by atoms with Crippen molar-refractivity contribution >= 4 is 11.9 Å². The van der Waals surface area contributed by atoms with Crippen LogP contribution in [-0.4, -0.2) is 30.9 Å². The van der Waals surface area contributed by atoms with Gasteiger partial charge >= 0.3 is 6.01 Å². The van der Waals surface area contributed by atoms with Gasteiger partial charge in [0.25, 0.3) is 5.91 Å². The number of amides is 1. The molecule has 0 spiro atoms. The second kappa shape index (κ2) is 6.60. The highest BCUT2D eigenvalue weighted by Gasteiger charge is 2.20. The summed E-state index contributed by atoms with van der Waals surface area (Å²) < 4.78 is 6.87. The molecule has 1 N–H and O–H groups in total. The third-order valence-electron chi connectivity index (χ3n) is 3.66. The van der Waals surface area contributed by atoms with Gasteiger partial charge in [-0.3, -0.25) is 15.1 Å². The number of nitrogens with zero attached hydrogens (tertiary/aromatic N) is 5. The molecule has 0 saturated carbocycles. The van der Waals surface area contributed by atoms with E-state index < -0.39 is 5.91 Å². The normalized spacial score (nSPS) is 10.7. The highest BCUT2D eigenvalue weighted by Crippen LogP contribution is 2.24. The number of aromatic nitrogens is 5. The average Bonchev–Trinajstić information content (AvgIpc) is 3.30. The minimum atomic E-state index is -0.394. The molecule has 3 heterocycles. The van der Waals surface area contributed by atoms with Crippen molar-refractivity contribution in [3.8, 4) is 16.9 Å². The number of pyridine rings is 1. The fraction of sp³-hybridized carbons (Fsp3) is 0.0556. The van der Waals surface area contributed by atoms with Gasteiger partial charge < -0.3 is 4.42 Å². The van der Waals surface area contributed by atoms with Crippen molar-refractivity contribution in [2.45, 2.75) is 6.92 Å². The highest BCUT2D eigenvalue weighted by molar-refractivity contribution is 6.07. The maximum absolute atomic E-state index is 12.7. The maximum Gasteiger partial charge on any atom is 0.322 e. The largest absolute Gasteiger partial charge is 0.408 e. The van der Waals surface area contributed by atoms with Gasteiger partial charge in [0.2, 0.25) is 5.89 Å². The van der Waals surface area contributed by atoms with Crippen LogP contribution in [0.25, 0.3) is 16.9 Å². The molecule has 1 amide bonds. The van der Waals surface area contributed by atoms with Crippen molar-refractivity contribution in [1.29, 1.82) is 0 Å². The summed E-state index contributed by atoms with van der Waals surface area (Å²) in [6.07, 6.45) is 4.99. The second-order valence-corrected chi connectivity index (χ2v) is 5.49. The number of hydrogen-bond donors (Lipinski definition) is 1. The van der Waals surface area contributed by atoms with Crippen LogP contribution in [0.2, 0.25) is 0 Å². The Kier molecular flexibility index (Phi) is 3.98. The van der Waals surface area contributed by atoms with Crippen LogP contribution in [0.3, 0.4) is 0 Å². The fourth-order valence-electron chi connectivity index (χ4n) is 2.48. The number of hydrogen-bond acceptors (Lipinski definition) is 6. The molecule has 4 rings (SSSR count). The summed E-state index contributed by atoms with van der Waals surface area (Å²) in [5.41, 5.74) is 2.45. The number of carbonyl (C=O) groups excluding carboxylic acids is 1. The van der Waals surface area contributed by atoms with Gasteiger partial charge in [-0.05, 0) is 24.3 Å². The molecule has 1 aromatic carbocycles. The molecule has 128 valence electrons. The first-order chi connectivity index (χ1) is 12.7. The Morgan fingerprint density at radius 3 is 2.65 bits per heavy atom. The smallest absolute Gasteiger partial charge is 0.322 e. The van der Waals surface area contributed by atoms with Crippen molar-refractivity contribution in [2.24, 2.45) is 0 Å². The minimum absolute atomic E-state index is 0.0390. The van der Waals surface area contributed by atoms with Gasteiger partial charge in [-0.1, -0.05) is 23.3 Å². The molecule has 8 nitrogen and oxygen atoms in total. The monoisotopic (exact) mass is 346 g/mol. The number of para-hydroxylation sites is 1. The molecule has 0 aliphatic heterocycles. The van der Waals surface area contributed by atoms with E-state index in [1.54, 1.807) is 36.3 Å². The fourth-order valence-corrected chi connectivity index (χ4v) is 2.48. The van der Waals surface area contributed by atoms with E-state index >= 15 is 0 Å². The van der Waals surface area contributed by atoms with Crippen LogP contribution in [0.15, 0.2) is 65.5 Å². The van der Waals surface area contributed by atoms with Gasteiger partial charge in [-0.25, -0.2) is 4.68 Å². The molecular formula is C18H14N6O2. The molecule has 0 bridgehead atoms. The van der Waals surface area contributed by atoms with E-state index in [1.165, 1.54) is 0 Å². The number of carbonyl (C=O) groups is 1. The van der Waals surface area contributed by atoms with Crippen LogP contribution in [0, 0.1) is 6.92 Å². The van der Waals surface area contributed by atoms with Crippen LogP contribution in [0.5, 0.6) is 0 Å². The molecule has 0 aliphatic rings. The Balaban J connectivity index is 1.76. The highest BCUT2D eigenvalue weighted by atomic mass is 16.4. The molecule has 0 unspecified atom stereocenters. The minimum Gasteiger partial charge on any atom is -0.408 e. The summed E-state index contributed by atoms with van der Waals surface area (Å²) in [6.45, 7) is 1.65. The van der Waals surface area contributed by atoms with E-state index in [0.29, 0.717) is 17.1 Å². The van der Waals surface area contributed by atoms with Gasteiger partial charge in [-0.15, -0.1) is 5.10 Å². The summed E-state index contributed by atoms with van der Waals surface area (Å²) in [7, 11) is 0. The number of aryl methyl sites for hydroxylation is 1. The first-order valence-corrected chi connectivity index (χ1v) is 7.87. The summed E-state index contributed by atoms with van der Waals surface area (Å²) in [6, 6.07) is 13.2. The molecule has 0 aliphatic carbocycles. The van der Waals surface area contributed by atoms with E-state index in [1.807, 2.05) is 36.4 Å². The lowest BCUT2D eigenvalue weighted by molar-refractivity contribution is 0.102. The Bertz CT molecular complexity index is 1040. The Hall–Kier alpha value is -3.81. The van der Waals surface area contributed by atoms with E-state index in [-0.39, 0.29) is 6.01 Å². The Morgan fingerprint density at radius 1 is 1.12 bits per heavy atom. The van der Waals surface area contributed by atoms with Gasteiger partial charge in [0, 0.05) is 31.1 Å². The SMILES string of the molecule is Cc1nnc(NC(=O)c2cn(-c3ccccc3)nc2-c2cccnc2)o1. The molecule has 26 heavy (non-hydrogen) atoms. The predicted octanol–water partition coefficient (Wildman–Crippen LogP) is 2.88. The standard InChI is InChI=1S/C18H14N6O2/c1-12-21-22-18(26-12)20-17(25)15-11-24(14-7-3-2-4-8-14)23-16(15)13-6-5-9-19-10-13/h2-11H,1H3,(H,20,22,25). The first-order valence-electron chi connectivity index (χ1n) is 7.87. The van der Waals surface area contributed by atoms with Crippen molar-refractivity contribution < 1.29 is 9.21 Å². The predicted molar refractivity (Wildman–Crippen MR) is 93.8 cm³/mol. The molecular weight excluding hydrogens is 332 g/mol. The summed E-state index contributed by atoms with van der Waals surface area (Å²) in [5, 5.41) is 14.7. The van der Waals surface area contributed by atoms with Crippen LogP contribution in [-0.2, 0) is 0 Å². The third-order valence-corrected chi connectivity index (χ3v) is 3.66. The van der Waals surface area contributed by atoms with Crippen LogP contribution in [0.4, 0.5) is 6.01 Å². The lowest BCUT2D eigenvalue weighted by Gasteiger charge is -2.01. The van der Waals surface area contributed by atoms with Crippen LogP contribution >= 0.6 is 0 Å². The van der Waals surface area contributed by atoms with Crippen molar-refractivity contribution in [1.82, 2.24) is 25.0 Å². The van der Waals surface area contributed by atoms with Gasteiger partial charge in [-0.2, -0.15) is 5.10 Å². The number of nitrogens with one attached hydrogen (secondary N) is 1. The van der Waals surface area contributed by atoms with E-state index in [9.17, 15) is 4.79 Å². The number of rotatable bonds is 4. The lowest BCUT2D eigenvalue weighted by Crippen LogP contribution is -2.12. The van der Waals surface area contributed by atoms with Crippen molar-refractivity contribution in [3.05, 3.63) is 72.5 Å². The molecule has 0 saturated heterocycles. The average molecular weight is 346 g/mol. The zero-order valence-electron chi connectivity index (χ0n) is 13.8. The van der Waals surface area contributed by atoms with E-state index in [4.69, 9.17) is 4.42 Å². The van der Waals surface area contributed by atoms with Crippen LogP contribution in [0.1, 0.15) is 16.2 Å². The first kappa shape index (κ1) is 15.7. The number of anilines is 1. The second-order valence-electron chi connectivity index (χ2n) is 5.49. The summed E-state index contributed by atoms with van der Waals surface area (Å²) >= 11 is 0. The van der Waals surface area contributed by atoms with Crippen molar-refractivity contribution in [3.63, 3.8) is 0 Å². The third kappa shape index (κ3) is 3.07. The molecule has 3 aromatic heterocycles. The summed E-state index contributed by atoms with van der Waals surface area (Å²) in [4.78, 5) is 16.9. The molecule has 0 atom stereocenters. The molecule has 8 heteroatoms. The molecule has 0 radical (unpaired) electrons. The van der Waals surface area contributed by atoms with E-state index in [2.05, 4.69) is 25.6 Å². The zero-order chi connectivity index (χ0) is 17.9. The quantitative estimate of drug-likeness (QED) is 0.610. The van der Waals surface area contributed by atoms with E-state index in [0.717, 1.165) is 11.3 Å². The van der Waals surface area contributed by atoms with Gasteiger partial charge in [0.15, 0.2) is 0 Å². The van der Waals surface area contributed by atoms with Gasteiger partial charge in [0.1, 0.15) is 5.69 Å². The van der Waals surface area contributed by atoms with Crippen LogP contribution < -0.4 is 5.32 Å². The number of benzene rings is 1.